The van der Waals surface area contributed by atoms with E-state index in [1.807, 2.05) is 36.4 Å². The molecule has 0 aromatic heterocycles. The van der Waals surface area contributed by atoms with Crippen molar-refractivity contribution in [2.45, 2.75) is 6.42 Å². The van der Waals surface area contributed by atoms with Crippen LogP contribution in [0.1, 0.15) is 15.9 Å². The van der Waals surface area contributed by atoms with Crippen LogP contribution in [-0.2, 0) is 6.42 Å². The molecule has 2 aromatic carbocycles. The Morgan fingerprint density at radius 3 is 2.62 bits per heavy atom. The van der Waals surface area contributed by atoms with Crippen LogP contribution in [0, 0.1) is 0 Å². The summed E-state index contributed by atoms with van der Waals surface area (Å²) in [6, 6.07) is 14.2. The van der Waals surface area contributed by atoms with Crippen molar-refractivity contribution in [2.24, 2.45) is 0 Å². The number of hydrogen-bond donors (Lipinski definition) is 3. The molecule has 0 radical (unpaired) electrons. The Bertz CT molecular complexity index is 683. The normalized spacial score (nSPS) is 13.0. The molecule has 1 aliphatic rings. The van der Waals surface area contributed by atoms with Crippen molar-refractivity contribution in [2.75, 3.05) is 17.2 Å². The summed E-state index contributed by atoms with van der Waals surface area (Å²) >= 11 is 0. The van der Waals surface area contributed by atoms with Gasteiger partial charge >= 0.3 is 6.03 Å². The van der Waals surface area contributed by atoms with E-state index in [0.29, 0.717) is 24.2 Å². The summed E-state index contributed by atoms with van der Waals surface area (Å²) in [5.41, 5.74) is 2.90. The molecule has 106 valence electrons. The summed E-state index contributed by atoms with van der Waals surface area (Å²) in [5, 5.41) is 8.36. The lowest BCUT2D eigenvalue weighted by atomic mass is 9.98. The van der Waals surface area contributed by atoms with Crippen molar-refractivity contribution < 1.29 is 9.59 Å². The number of benzene rings is 2. The van der Waals surface area contributed by atoms with Crippen molar-refractivity contribution in [3.05, 3.63) is 59.7 Å². The smallest absolute Gasteiger partial charge is 0.323 e. The Kier molecular flexibility index (Phi) is 3.55. The van der Waals surface area contributed by atoms with Crippen molar-refractivity contribution >= 4 is 23.3 Å². The van der Waals surface area contributed by atoms with E-state index in [2.05, 4.69) is 16.0 Å². The lowest BCUT2D eigenvalue weighted by Gasteiger charge is -2.20. The first-order chi connectivity index (χ1) is 10.2. The van der Waals surface area contributed by atoms with Crippen LogP contribution in [0.15, 0.2) is 48.5 Å². The van der Waals surface area contributed by atoms with E-state index in [1.165, 1.54) is 0 Å². The van der Waals surface area contributed by atoms with Gasteiger partial charge in [-0.15, -0.1) is 0 Å². The third-order valence-electron chi connectivity index (χ3n) is 3.36. The van der Waals surface area contributed by atoms with Gasteiger partial charge in [-0.1, -0.05) is 24.3 Å². The Balaban J connectivity index is 1.78. The number of anilines is 2. The molecule has 3 amide bonds. The molecule has 2 aromatic rings. The van der Waals surface area contributed by atoms with Crippen molar-refractivity contribution in [3.63, 3.8) is 0 Å². The Morgan fingerprint density at radius 2 is 1.81 bits per heavy atom. The average Bonchev–Trinajstić information content (AvgIpc) is 2.49. The number of rotatable bonds is 2. The number of amides is 3. The van der Waals surface area contributed by atoms with Gasteiger partial charge in [-0.25, -0.2) is 4.79 Å². The van der Waals surface area contributed by atoms with Crippen LogP contribution in [0.2, 0.25) is 0 Å². The molecule has 0 saturated heterocycles. The zero-order chi connectivity index (χ0) is 14.7. The monoisotopic (exact) mass is 281 g/mol. The van der Waals surface area contributed by atoms with Gasteiger partial charge < -0.3 is 16.0 Å². The molecular formula is C16H15N3O2. The van der Waals surface area contributed by atoms with Crippen molar-refractivity contribution in [3.8, 4) is 0 Å². The minimum atomic E-state index is -0.319. The minimum Gasteiger partial charge on any atom is -0.352 e. The number of carbonyl (C=O) groups is 2. The fourth-order valence-electron chi connectivity index (χ4n) is 2.39. The van der Waals surface area contributed by atoms with Crippen molar-refractivity contribution in [1.82, 2.24) is 5.32 Å². The molecule has 0 saturated carbocycles. The van der Waals surface area contributed by atoms with Gasteiger partial charge in [-0.3, -0.25) is 4.79 Å². The highest BCUT2D eigenvalue weighted by atomic mass is 16.2. The molecule has 1 aliphatic heterocycles. The Hall–Kier alpha value is -2.82. The maximum Gasteiger partial charge on any atom is 0.323 e. The number of hydrogen-bond acceptors (Lipinski definition) is 2. The number of carbonyl (C=O) groups excluding carboxylic acids is 2. The maximum atomic E-state index is 12.0. The SMILES string of the molecule is O=C(Nc1ccccc1)Nc1cccc2c1CCNC2=O. The number of fused-ring (bicyclic) bond motifs is 1. The summed E-state index contributed by atoms with van der Waals surface area (Å²) in [4.78, 5) is 23.8. The average molecular weight is 281 g/mol. The zero-order valence-electron chi connectivity index (χ0n) is 11.3. The standard InChI is InChI=1S/C16H15N3O2/c20-15-13-7-4-8-14(12(13)9-10-17-15)19-16(21)18-11-5-2-1-3-6-11/h1-8H,9-10H2,(H,17,20)(H2,18,19,21). The highest BCUT2D eigenvalue weighted by Gasteiger charge is 2.19. The van der Waals surface area contributed by atoms with E-state index >= 15 is 0 Å². The Labute approximate surface area is 122 Å². The van der Waals surface area contributed by atoms with Gasteiger partial charge in [0.2, 0.25) is 0 Å². The predicted molar refractivity (Wildman–Crippen MR) is 81.6 cm³/mol. The van der Waals surface area contributed by atoms with Crippen LogP contribution in [-0.4, -0.2) is 18.5 Å². The molecule has 0 fully saturated rings. The van der Waals surface area contributed by atoms with Gasteiger partial charge in [0.1, 0.15) is 0 Å². The van der Waals surface area contributed by atoms with Gasteiger partial charge in [-0.2, -0.15) is 0 Å². The molecule has 21 heavy (non-hydrogen) atoms. The zero-order valence-corrected chi connectivity index (χ0v) is 11.3. The first-order valence-electron chi connectivity index (χ1n) is 6.77. The number of para-hydroxylation sites is 1. The molecule has 0 atom stereocenters. The van der Waals surface area contributed by atoms with Gasteiger partial charge in [0.05, 0.1) is 0 Å². The number of nitrogens with one attached hydrogen (secondary N) is 3. The lowest BCUT2D eigenvalue weighted by Crippen LogP contribution is -2.32. The first-order valence-corrected chi connectivity index (χ1v) is 6.77. The topological polar surface area (TPSA) is 70.2 Å². The van der Waals surface area contributed by atoms with E-state index in [4.69, 9.17) is 0 Å². The molecule has 0 aliphatic carbocycles. The second-order valence-electron chi connectivity index (χ2n) is 4.78. The largest absolute Gasteiger partial charge is 0.352 e. The van der Waals surface area contributed by atoms with Crippen LogP contribution in [0.4, 0.5) is 16.2 Å². The predicted octanol–water partition coefficient (Wildman–Crippen LogP) is 2.62. The van der Waals surface area contributed by atoms with Gasteiger partial charge in [0, 0.05) is 23.5 Å². The van der Waals surface area contributed by atoms with Gasteiger partial charge in [0.25, 0.3) is 5.91 Å². The van der Waals surface area contributed by atoms with Crippen LogP contribution in [0.25, 0.3) is 0 Å². The van der Waals surface area contributed by atoms with E-state index in [9.17, 15) is 9.59 Å². The third kappa shape index (κ3) is 2.86. The molecule has 1 heterocycles. The summed E-state index contributed by atoms with van der Waals surface area (Å²) in [6.07, 6.45) is 0.711. The van der Waals surface area contributed by atoms with E-state index < -0.39 is 0 Å². The molecule has 5 nitrogen and oxygen atoms in total. The highest BCUT2D eigenvalue weighted by molar-refractivity contribution is 6.03. The third-order valence-corrected chi connectivity index (χ3v) is 3.36. The first kappa shape index (κ1) is 13.2. The van der Waals surface area contributed by atoms with Crippen molar-refractivity contribution in [1.29, 1.82) is 0 Å². The molecule has 0 spiro atoms. The van der Waals surface area contributed by atoms with Gasteiger partial charge in [0.15, 0.2) is 0 Å². The van der Waals surface area contributed by atoms with Gasteiger partial charge in [-0.05, 0) is 36.2 Å². The fourth-order valence-corrected chi connectivity index (χ4v) is 2.39. The molecule has 0 bridgehead atoms. The maximum absolute atomic E-state index is 12.0. The van der Waals surface area contributed by atoms with Crippen LogP contribution in [0.3, 0.4) is 0 Å². The summed E-state index contributed by atoms with van der Waals surface area (Å²) in [5.74, 6) is -0.0941. The second kappa shape index (κ2) is 5.66. The minimum absolute atomic E-state index is 0.0941. The molecule has 0 unspecified atom stereocenters. The number of urea groups is 1. The molecular weight excluding hydrogens is 266 g/mol. The van der Waals surface area contributed by atoms with Crippen LogP contribution >= 0.6 is 0 Å². The highest BCUT2D eigenvalue weighted by Crippen LogP contribution is 2.23. The van der Waals surface area contributed by atoms with E-state index in [0.717, 1.165) is 11.3 Å². The van der Waals surface area contributed by atoms with E-state index in [-0.39, 0.29) is 11.9 Å². The van der Waals surface area contributed by atoms with Crippen LogP contribution in [0.5, 0.6) is 0 Å². The summed E-state index contributed by atoms with van der Waals surface area (Å²) in [7, 11) is 0. The quantitative estimate of drug-likeness (QED) is 0.792. The molecule has 3 N–H and O–H groups in total. The second-order valence-corrected chi connectivity index (χ2v) is 4.78. The lowest BCUT2D eigenvalue weighted by molar-refractivity contribution is 0.0946. The van der Waals surface area contributed by atoms with E-state index in [1.54, 1.807) is 12.1 Å². The fraction of sp³-hybridized carbons (Fsp3) is 0.125. The molecule has 5 heteroatoms. The Morgan fingerprint density at radius 1 is 1.00 bits per heavy atom. The van der Waals surface area contributed by atoms with Crippen LogP contribution < -0.4 is 16.0 Å². The summed E-state index contributed by atoms with van der Waals surface area (Å²) < 4.78 is 0. The summed E-state index contributed by atoms with van der Waals surface area (Å²) in [6.45, 7) is 0.588. The molecule has 3 rings (SSSR count).